The van der Waals surface area contributed by atoms with E-state index in [2.05, 4.69) is 18.8 Å². The normalized spacial score (nSPS) is 19.9. The molecule has 0 spiro atoms. The van der Waals surface area contributed by atoms with Gasteiger partial charge in [0.25, 0.3) is 9.05 Å². The molecule has 84 valence electrons. The summed E-state index contributed by atoms with van der Waals surface area (Å²) in [5.74, 6) is 0.811. The third-order valence-corrected chi connectivity index (χ3v) is 4.10. The molecule has 2 rings (SSSR count). The summed E-state index contributed by atoms with van der Waals surface area (Å²) < 4.78 is 24.2. The minimum Gasteiger partial charge on any atom is -0.318 e. The van der Waals surface area contributed by atoms with Crippen LogP contribution in [-0.2, 0) is 22.0 Å². The van der Waals surface area contributed by atoms with Crippen molar-refractivity contribution in [3.63, 3.8) is 0 Å². The van der Waals surface area contributed by atoms with Crippen molar-refractivity contribution in [2.45, 2.75) is 38.3 Å². The van der Waals surface area contributed by atoms with Crippen LogP contribution >= 0.6 is 10.7 Å². The zero-order chi connectivity index (χ0) is 11.3. The first-order valence-corrected chi connectivity index (χ1v) is 7.10. The van der Waals surface area contributed by atoms with Crippen LogP contribution in [0.2, 0.25) is 0 Å². The SMILES string of the molecule is CC1(C)CCn2c(S(=O)(=O)Cl)cnc2C1. The topological polar surface area (TPSA) is 52.0 Å². The summed E-state index contributed by atoms with van der Waals surface area (Å²) in [6.45, 7) is 4.98. The Morgan fingerprint density at radius 1 is 1.53 bits per heavy atom. The molecule has 1 aromatic heterocycles. The van der Waals surface area contributed by atoms with Crippen molar-refractivity contribution in [3.8, 4) is 0 Å². The molecule has 0 saturated carbocycles. The molecule has 0 radical (unpaired) electrons. The van der Waals surface area contributed by atoms with E-state index in [0.29, 0.717) is 6.54 Å². The standard InChI is InChI=1S/C9H13ClN2O2S/c1-9(2)3-4-12-7(5-9)11-6-8(12)15(10,13)14/h6H,3-5H2,1-2H3. The highest BCUT2D eigenvalue weighted by molar-refractivity contribution is 8.13. The zero-order valence-electron chi connectivity index (χ0n) is 8.70. The Hall–Kier alpha value is -0.550. The molecule has 15 heavy (non-hydrogen) atoms. The maximum absolute atomic E-state index is 11.2. The van der Waals surface area contributed by atoms with Gasteiger partial charge in [-0.25, -0.2) is 13.4 Å². The van der Waals surface area contributed by atoms with Crippen LogP contribution in [0.25, 0.3) is 0 Å². The first-order valence-electron chi connectivity index (χ1n) is 4.79. The van der Waals surface area contributed by atoms with Crippen LogP contribution in [0.3, 0.4) is 0 Å². The molecule has 0 amide bonds. The monoisotopic (exact) mass is 248 g/mol. The predicted molar refractivity (Wildman–Crippen MR) is 57.4 cm³/mol. The van der Waals surface area contributed by atoms with Gasteiger partial charge in [-0.3, -0.25) is 0 Å². The number of fused-ring (bicyclic) bond motifs is 1. The Labute approximate surface area is 93.7 Å². The first-order chi connectivity index (χ1) is 6.80. The van der Waals surface area contributed by atoms with E-state index in [1.54, 1.807) is 4.57 Å². The van der Waals surface area contributed by atoms with E-state index < -0.39 is 9.05 Å². The Kier molecular flexibility index (Phi) is 2.35. The van der Waals surface area contributed by atoms with Crippen LogP contribution in [0.5, 0.6) is 0 Å². The molecule has 0 N–H and O–H groups in total. The van der Waals surface area contributed by atoms with Crippen LogP contribution in [0, 0.1) is 5.41 Å². The van der Waals surface area contributed by atoms with Crippen LogP contribution in [-0.4, -0.2) is 18.0 Å². The summed E-state index contributed by atoms with van der Waals surface area (Å²) in [4.78, 5) is 4.12. The van der Waals surface area contributed by atoms with Crippen molar-refractivity contribution < 1.29 is 8.42 Å². The average Bonchev–Trinajstić information content (AvgIpc) is 2.43. The van der Waals surface area contributed by atoms with Crippen LogP contribution < -0.4 is 0 Å². The number of imidazole rings is 1. The van der Waals surface area contributed by atoms with Crippen molar-refractivity contribution in [2.75, 3.05) is 0 Å². The van der Waals surface area contributed by atoms with Gasteiger partial charge in [0.2, 0.25) is 0 Å². The van der Waals surface area contributed by atoms with Crippen molar-refractivity contribution in [3.05, 3.63) is 12.0 Å². The lowest BCUT2D eigenvalue weighted by Gasteiger charge is -2.30. The van der Waals surface area contributed by atoms with Gasteiger partial charge >= 0.3 is 0 Å². The lowest BCUT2D eigenvalue weighted by Crippen LogP contribution is -2.27. The molecule has 0 unspecified atom stereocenters. The van der Waals surface area contributed by atoms with Gasteiger partial charge in [-0.1, -0.05) is 13.8 Å². The van der Waals surface area contributed by atoms with Gasteiger partial charge in [-0.15, -0.1) is 0 Å². The number of hydrogen-bond acceptors (Lipinski definition) is 3. The fourth-order valence-corrected chi connectivity index (χ4v) is 2.91. The fraction of sp³-hybridized carbons (Fsp3) is 0.667. The fourth-order valence-electron chi connectivity index (χ4n) is 1.90. The van der Waals surface area contributed by atoms with Gasteiger partial charge < -0.3 is 4.57 Å². The van der Waals surface area contributed by atoms with Crippen molar-refractivity contribution in [2.24, 2.45) is 5.41 Å². The summed E-state index contributed by atoms with van der Waals surface area (Å²) in [7, 11) is 1.65. The second kappa shape index (κ2) is 3.22. The maximum Gasteiger partial charge on any atom is 0.278 e. The van der Waals surface area contributed by atoms with E-state index in [-0.39, 0.29) is 10.4 Å². The third-order valence-electron chi connectivity index (χ3n) is 2.80. The molecule has 0 aromatic carbocycles. The average molecular weight is 249 g/mol. The minimum absolute atomic E-state index is 0.120. The van der Waals surface area contributed by atoms with E-state index in [9.17, 15) is 8.42 Å². The second-order valence-corrected chi connectivity index (χ2v) is 7.21. The molecule has 0 bridgehead atoms. The van der Waals surface area contributed by atoms with E-state index >= 15 is 0 Å². The highest BCUT2D eigenvalue weighted by atomic mass is 35.7. The summed E-state index contributed by atoms with van der Waals surface area (Å²) in [5, 5.41) is 0.120. The van der Waals surface area contributed by atoms with Crippen LogP contribution in [0.1, 0.15) is 26.1 Å². The molecular weight excluding hydrogens is 236 g/mol. The largest absolute Gasteiger partial charge is 0.318 e. The number of hydrogen-bond donors (Lipinski definition) is 0. The van der Waals surface area contributed by atoms with Crippen molar-refractivity contribution in [1.29, 1.82) is 0 Å². The summed E-state index contributed by atoms with van der Waals surface area (Å²) >= 11 is 0. The van der Waals surface area contributed by atoms with E-state index in [4.69, 9.17) is 10.7 Å². The lowest BCUT2D eigenvalue weighted by molar-refractivity contribution is 0.260. The molecule has 6 heteroatoms. The van der Waals surface area contributed by atoms with Gasteiger partial charge in [0.1, 0.15) is 5.82 Å². The van der Waals surface area contributed by atoms with Crippen molar-refractivity contribution >= 4 is 19.7 Å². The minimum atomic E-state index is -3.67. The van der Waals surface area contributed by atoms with Gasteiger partial charge in [0.05, 0.1) is 6.20 Å². The van der Waals surface area contributed by atoms with Crippen molar-refractivity contribution in [1.82, 2.24) is 9.55 Å². The predicted octanol–water partition coefficient (Wildman–Crippen LogP) is 1.78. The highest BCUT2D eigenvalue weighted by Crippen LogP contribution is 2.32. The Morgan fingerprint density at radius 3 is 2.80 bits per heavy atom. The van der Waals surface area contributed by atoms with Gasteiger partial charge in [0, 0.05) is 23.6 Å². The summed E-state index contributed by atoms with van der Waals surface area (Å²) in [6.07, 6.45) is 3.08. The zero-order valence-corrected chi connectivity index (χ0v) is 10.3. The number of halogens is 1. The molecule has 0 atom stereocenters. The smallest absolute Gasteiger partial charge is 0.278 e. The number of nitrogens with zero attached hydrogens (tertiary/aromatic N) is 2. The lowest BCUT2D eigenvalue weighted by atomic mass is 9.83. The molecule has 4 nitrogen and oxygen atoms in total. The van der Waals surface area contributed by atoms with E-state index in [1.807, 2.05) is 0 Å². The maximum atomic E-state index is 11.2. The van der Waals surface area contributed by atoms with Gasteiger partial charge in [0.15, 0.2) is 5.03 Å². The quantitative estimate of drug-likeness (QED) is 0.712. The Morgan fingerprint density at radius 2 is 2.20 bits per heavy atom. The molecule has 0 saturated heterocycles. The molecule has 2 heterocycles. The van der Waals surface area contributed by atoms with Gasteiger partial charge in [-0.2, -0.15) is 0 Å². The molecule has 1 aromatic rings. The summed E-state index contributed by atoms with van der Waals surface area (Å²) in [6, 6.07) is 0. The Bertz CT molecular complexity index is 490. The number of aromatic nitrogens is 2. The molecular formula is C9H13ClN2O2S. The molecule has 1 aliphatic rings. The van der Waals surface area contributed by atoms with E-state index in [0.717, 1.165) is 18.7 Å². The molecule has 0 aliphatic carbocycles. The van der Waals surface area contributed by atoms with Crippen LogP contribution in [0.4, 0.5) is 0 Å². The second-order valence-electron chi connectivity index (χ2n) is 4.69. The first kappa shape index (κ1) is 11.0. The highest BCUT2D eigenvalue weighted by Gasteiger charge is 2.30. The number of rotatable bonds is 1. The summed E-state index contributed by atoms with van der Waals surface area (Å²) in [5.41, 5.74) is 0.189. The molecule has 0 fully saturated rings. The molecule has 1 aliphatic heterocycles. The third kappa shape index (κ3) is 2.03. The van der Waals surface area contributed by atoms with E-state index in [1.165, 1.54) is 6.20 Å². The van der Waals surface area contributed by atoms with Gasteiger partial charge in [-0.05, 0) is 11.8 Å². The Balaban J connectivity index is 2.48. The van der Waals surface area contributed by atoms with Crippen LogP contribution in [0.15, 0.2) is 11.2 Å².